The maximum atomic E-state index is 13.1. The monoisotopic (exact) mass is 425 g/mol. The molecule has 7 nitrogen and oxygen atoms in total. The summed E-state index contributed by atoms with van der Waals surface area (Å²) in [5.41, 5.74) is 2.50. The van der Waals surface area contributed by atoms with Gasteiger partial charge >= 0.3 is 6.09 Å². The van der Waals surface area contributed by atoms with Gasteiger partial charge in [0.15, 0.2) is 0 Å². The van der Waals surface area contributed by atoms with Crippen LogP contribution in [0.15, 0.2) is 48.5 Å². The van der Waals surface area contributed by atoms with Gasteiger partial charge in [0.25, 0.3) is 5.91 Å². The Labute approximate surface area is 178 Å². The number of benzene rings is 2. The van der Waals surface area contributed by atoms with Gasteiger partial charge in [0.05, 0.1) is 16.2 Å². The molecule has 0 bridgehead atoms. The Balaban J connectivity index is 1.66. The number of fused-ring (bicyclic) bond motifs is 1. The second kappa shape index (κ2) is 7.84. The molecule has 3 aromatic rings. The molecule has 0 aliphatic carbocycles. The molecule has 4 rings (SSSR count). The third kappa shape index (κ3) is 3.76. The SMILES string of the molecule is CC1CN(C(=O)O)CCN1C(=O)c1ccc2c(Cl)cc(-c3ccc(O)cc3)nc2c1. The number of aromatic nitrogens is 1. The number of rotatable bonds is 2. The fourth-order valence-corrected chi connectivity index (χ4v) is 3.96. The van der Waals surface area contributed by atoms with E-state index in [2.05, 4.69) is 4.98 Å². The summed E-state index contributed by atoms with van der Waals surface area (Å²) in [6.45, 7) is 2.75. The summed E-state index contributed by atoms with van der Waals surface area (Å²) in [6.07, 6.45) is -0.972. The highest BCUT2D eigenvalue weighted by Crippen LogP contribution is 2.30. The lowest BCUT2D eigenvalue weighted by Crippen LogP contribution is -2.55. The van der Waals surface area contributed by atoms with Crippen LogP contribution < -0.4 is 0 Å². The number of amides is 2. The molecule has 1 aliphatic rings. The van der Waals surface area contributed by atoms with Crippen molar-refractivity contribution in [3.63, 3.8) is 0 Å². The molecule has 8 heteroatoms. The number of hydrogen-bond acceptors (Lipinski definition) is 4. The van der Waals surface area contributed by atoms with Crippen LogP contribution in [0.1, 0.15) is 17.3 Å². The van der Waals surface area contributed by atoms with E-state index in [0.717, 1.165) is 10.9 Å². The molecule has 1 aliphatic heterocycles. The van der Waals surface area contributed by atoms with E-state index in [1.54, 1.807) is 53.4 Å². The Bertz CT molecular complexity index is 1130. The number of carbonyl (C=O) groups is 2. The van der Waals surface area contributed by atoms with E-state index in [1.165, 1.54) is 4.90 Å². The molecule has 2 heterocycles. The summed E-state index contributed by atoms with van der Waals surface area (Å²) in [6, 6.07) is 13.4. The standard InChI is InChI=1S/C22H20ClN3O4/c1-13-12-25(22(29)30)8-9-26(13)21(28)15-4-7-17-18(23)11-19(24-20(17)10-15)14-2-5-16(27)6-3-14/h2-7,10-11,13,27H,8-9,12H2,1H3,(H,29,30). The van der Waals surface area contributed by atoms with Crippen LogP contribution in [-0.4, -0.2) is 62.7 Å². The molecule has 1 unspecified atom stereocenters. The lowest BCUT2D eigenvalue weighted by Gasteiger charge is -2.38. The first-order valence-electron chi connectivity index (χ1n) is 9.52. The summed E-state index contributed by atoms with van der Waals surface area (Å²) in [5, 5.41) is 19.9. The maximum Gasteiger partial charge on any atom is 0.407 e. The number of phenolic OH excluding ortho intramolecular Hbond substituents is 1. The number of halogens is 1. The normalized spacial score (nSPS) is 16.7. The van der Waals surface area contributed by atoms with Crippen LogP contribution in [0.3, 0.4) is 0 Å². The van der Waals surface area contributed by atoms with E-state index in [1.807, 2.05) is 6.92 Å². The Morgan fingerprint density at radius 1 is 1.10 bits per heavy atom. The highest BCUT2D eigenvalue weighted by molar-refractivity contribution is 6.35. The topological polar surface area (TPSA) is 94.0 Å². The average Bonchev–Trinajstić information content (AvgIpc) is 2.73. The molecule has 2 amide bonds. The van der Waals surface area contributed by atoms with Crippen LogP contribution in [0.4, 0.5) is 4.79 Å². The Morgan fingerprint density at radius 2 is 1.83 bits per heavy atom. The fourth-order valence-electron chi connectivity index (χ4n) is 3.70. The first kappa shape index (κ1) is 20.0. The van der Waals surface area contributed by atoms with E-state index < -0.39 is 6.09 Å². The lowest BCUT2D eigenvalue weighted by molar-refractivity contribution is 0.0484. The van der Waals surface area contributed by atoms with E-state index in [-0.39, 0.29) is 30.8 Å². The molecule has 1 aromatic heterocycles. The minimum Gasteiger partial charge on any atom is -0.508 e. The molecular weight excluding hydrogens is 406 g/mol. The van der Waals surface area contributed by atoms with Gasteiger partial charge in [0.1, 0.15) is 5.75 Å². The molecule has 1 atom stereocenters. The zero-order valence-electron chi connectivity index (χ0n) is 16.2. The van der Waals surface area contributed by atoms with E-state index in [4.69, 9.17) is 16.7 Å². The molecule has 154 valence electrons. The summed E-state index contributed by atoms with van der Waals surface area (Å²) in [4.78, 5) is 31.9. The van der Waals surface area contributed by atoms with Crippen LogP contribution in [0.25, 0.3) is 22.2 Å². The summed E-state index contributed by atoms with van der Waals surface area (Å²) in [5.74, 6) is -0.00182. The van der Waals surface area contributed by atoms with Crippen molar-refractivity contribution in [1.82, 2.24) is 14.8 Å². The van der Waals surface area contributed by atoms with Gasteiger partial charge in [0.2, 0.25) is 0 Å². The first-order valence-corrected chi connectivity index (χ1v) is 9.90. The second-order valence-electron chi connectivity index (χ2n) is 7.34. The van der Waals surface area contributed by atoms with Gasteiger partial charge in [-0.25, -0.2) is 9.78 Å². The zero-order valence-corrected chi connectivity index (χ0v) is 17.0. The fraction of sp³-hybridized carbons (Fsp3) is 0.227. The molecule has 2 N–H and O–H groups in total. The molecule has 2 aromatic carbocycles. The van der Waals surface area contributed by atoms with Crippen LogP contribution in [0.5, 0.6) is 5.75 Å². The predicted molar refractivity (Wildman–Crippen MR) is 114 cm³/mol. The zero-order chi connectivity index (χ0) is 21.4. The quantitative estimate of drug-likeness (QED) is 0.645. The third-order valence-corrected chi connectivity index (χ3v) is 5.64. The van der Waals surface area contributed by atoms with Crippen molar-refractivity contribution in [2.75, 3.05) is 19.6 Å². The Kier molecular flexibility index (Phi) is 5.22. The van der Waals surface area contributed by atoms with Gasteiger partial charge in [-0.05, 0) is 49.4 Å². The summed E-state index contributed by atoms with van der Waals surface area (Å²) >= 11 is 6.45. The van der Waals surface area contributed by atoms with Crippen LogP contribution in [-0.2, 0) is 0 Å². The van der Waals surface area contributed by atoms with Crippen molar-refractivity contribution in [2.24, 2.45) is 0 Å². The van der Waals surface area contributed by atoms with Crippen molar-refractivity contribution in [3.8, 4) is 17.0 Å². The minimum atomic E-state index is -0.972. The van der Waals surface area contributed by atoms with E-state index in [0.29, 0.717) is 28.3 Å². The molecule has 0 radical (unpaired) electrons. The van der Waals surface area contributed by atoms with Crippen LogP contribution >= 0.6 is 11.6 Å². The van der Waals surface area contributed by atoms with Gasteiger partial charge in [-0.2, -0.15) is 0 Å². The maximum absolute atomic E-state index is 13.1. The highest BCUT2D eigenvalue weighted by atomic mass is 35.5. The highest BCUT2D eigenvalue weighted by Gasteiger charge is 2.30. The van der Waals surface area contributed by atoms with Crippen molar-refractivity contribution in [2.45, 2.75) is 13.0 Å². The molecular formula is C22H20ClN3O4. The lowest BCUT2D eigenvalue weighted by atomic mass is 10.1. The Hall–Kier alpha value is -3.32. The summed E-state index contributed by atoms with van der Waals surface area (Å²) < 4.78 is 0. The molecule has 1 fully saturated rings. The number of pyridine rings is 1. The van der Waals surface area contributed by atoms with Gasteiger partial charge in [-0.1, -0.05) is 17.7 Å². The molecule has 1 saturated heterocycles. The molecule has 30 heavy (non-hydrogen) atoms. The van der Waals surface area contributed by atoms with Gasteiger partial charge in [-0.15, -0.1) is 0 Å². The van der Waals surface area contributed by atoms with Gasteiger partial charge in [0, 0.05) is 42.2 Å². The number of hydrogen-bond donors (Lipinski definition) is 2. The third-order valence-electron chi connectivity index (χ3n) is 5.33. The van der Waals surface area contributed by atoms with Crippen molar-refractivity contribution >= 4 is 34.5 Å². The van der Waals surface area contributed by atoms with Gasteiger partial charge in [-0.3, -0.25) is 4.79 Å². The van der Waals surface area contributed by atoms with Crippen molar-refractivity contribution in [3.05, 3.63) is 59.1 Å². The van der Waals surface area contributed by atoms with Crippen molar-refractivity contribution < 1.29 is 19.8 Å². The average molecular weight is 426 g/mol. The first-order chi connectivity index (χ1) is 14.3. The van der Waals surface area contributed by atoms with E-state index >= 15 is 0 Å². The number of carboxylic acid groups (broad SMARTS) is 1. The van der Waals surface area contributed by atoms with Crippen LogP contribution in [0, 0.1) is 0 Å². The minimum absolute atomic E-state index is 0.163. The predicted octanol–water partition coefficient (Wildman–Crippen LogP) is 4.09. The molecule has 0 spiro atoms. The van der Waals surface area contributed by atoms with E-state index in [9.17, 15) is 14.7 Å². The number of carbonyl (C=O) groups excluding carboxylic acids is 1. The largest absolute Gasteiger partial charge is 0.508 e. The molecule has 0 saturated carbocycles. The van der Waals surface area contributed by atoms with Crippen LogP contribution in [0.2, 0.25) is 5.02 Å². The number of aromatic hydroxyl groups is 1. The van der Waals surface area contributed by atoms with Gasteiger partial charge < -0.3 is 20.0 Å². The number of phenols is 1. The number of nitrogens with zero attached hydrogens (tertiary/aromatic N) is 3. The smallest absolute Gasteiger partial charge is 0.407 e. The summed E-state index contributed by atoms with van der Waals surface area (Å²) in [7, 11) is 0. The second-order valence-corrected chi connectivity index (χ2v) is 7.75. The Morgan fingerprint density at radius 3 is 2.50 bits per heavy atom. The number of piperazine rings is 1. The van der Waals surface area contributed by atoms with Crippen molar-refractivity contribution in [1.29, 1.82) is 0 Å².